The highest BCUT2D eigenvalue weighted by Crippen LogP contribution is 2.41. The van der Waals surface area contributed by atoms with E-state index in [2.05, 4.69) is 33.5 Å². The summed E-state index contributed by atoms with van der Waals surface area (Å²) in [5.74, 6) is -3.90. The van der Waals surface area contributed by atoms with E-state index < -0.39 is 91.1 Å². The number of carbonyl (C=O) groups excluding carboxylic acids is 6. The number of unbranched alkanes of at least 4 members (excludes halogenated alkanes) is 8. The number of ketones is 1. The Kier molecular flexibility index (Phi) is 23.4. The third-order valence-corrected chi connectivity index (χ3v) is 12.9. The zero-order valence-corrected chi connectivity index (χ0v) is 41.4. The summed E-state index contributed by atoms with van der Waals surface area (Å²) in [5.41, 5.74) is 12.9. The highest BCUT2D eigenvalue weighted by atomic mass is 16.7. The number of nitrogens with zero attached hydrogens (tertiary/aromatic N) is 1. The van der Waals surface area contributed by atoms with Crippen molar-refractivity contribution in [1.29, 1.82) is 0 Å². The highest BCUT2D eigenvalue weighted by molar-refractivity contribution is 5.97. The Balaban J connectivity index is 1.73. The molecule has 0 spiro atoms. The lowest BCUT2D eigenvalue weighted by Crippen LogP contribution is -2.63. The van der Waals surface area contributed by atoms with E-state index in [1.54, 1.807) is 0 Å². The standard InChI is InChI=1S/C50H78N8O12/c1-6-7-8-9-10-11-12-15-23-53-24-21-41(62)56-36(16-13-14-22-51)49(68)58(5)43-33-18-20-39(69-50-42(52)45(64)44(63)40(28-59)70-50)35(27-33)34-25-32(17-19-38(34)61)26-37(47(66)54-29(2)31(4)60)57-46(65)30(3)55-48(43)67/h17-20,25,27,29-30,36-37,40,42-45,50,53,59,61,63-64H,6-16,21-24,26,28,51-52H2,1-5H3,(H,54,66)(H,55,67)(H,56,62)(H,57,65)/t29-,30-,36-,37-,40+,42+,43?,44+,45+,50?/m0/s1. The van der Waals surface area contributed by atoms with Gasteiger partial charge in [0.15, 0.2) is 5.78 Å². The molecule has 0 saturated carbocycles. The predicted octanol–water partition coefficient (Wildman–Crippen LogP) is 1.08. The minimum absolute atomic E-state index is 0.00801. The number of amides is 5. The number of nitrogens with one attached hydrogen (secondary N) is 5. The van der Waals surface area contributed by atoms with Gasteiger partial charge in [0.1, 0.15) is 54.0 Å². The molecule has 5 amide bonds. The number of ether oxygens (including phenoxy) is 2. The van der Waals surface area contributed by atoms with E-state index in [4.69, 9.17) is 20.9 Å². The number of phenolic OH excluding ortho intramolecular Hbond substituents is 1. The number of aliphatic hydroxyl groups is 3. The number of carbonyl (C=O) groups is 6. The Hall–Kier alpha value is -5.22. The number of likely N-dealkylation sites (N-methyl/N-ethyl adjacent to an activating group) is 1. The summed E-state index contributed by atoms with van der Waals surface area (Å²) in [7, 11) is 1.39. The maximum absolute atomic E-state index is 14.7. The average molecular weight is 983 g/mol. The van der Waals surface area contributed by atoms with Crippen molar-refractivity contribution in [3.63, 3.8) is 0 Å². The zero-order chi connectivity index (χ0) is 51.5. The minimum Gasteiger partial charge on any atom is -0.507 e. The van der Waals surface area contributed by atoms with Gasteiger partial charge in [-0.25, -0.2) is 0 Å². The Morgan fingerprint density at radius 1 is 0.900 bits per heavy atom. The second-order valence-corrected chi connectivity index (χ2v) is 18.6. The monoisotopic (exact) mass is 983 g/mol. The molecule has 13 N–H and O–H groups in total. The summed E-state index contributed by atoms with van der Waals surface area (Å²) in [6.45, 7) is 7.22. The second-order valence-electron chi connectivity index (χ2n) is 18.6. The molecule has 2 aromatic rings. The van der Waals surface area contributed by atoms with Crippen LogP contribution in [-0.2, 0) is 39.9 Å². The van der Waals surface area contributed by atoms with Crippen molar-refractivity contribution in [1.82, 2.24) is 31.5 Å². The van der Waals surface area contributed by atoms with Crippen LogP contribution in [0.4, 0.5) is 0 Å². The van der Waals surface area contributed by atoms with Gasteiger partial charge in [-0.15, -0.1) is 0 Å². The SMILES string of the molecule is CCCCCCCCCCNCCC(=O)N[C@@H](CCCCN)C(=O)N(C)C1C(=O)N[C@@H](C)C(=O)N[C@H](C(=O)N[C@@H](C)C(C)=O)Cc2ccc(O)c(c2)-c2cc1ccc2OC1O[C@H](CO)[C@@H](O)[C@H](O)[C@H]1N. The van der Waals surface area contributed by atoms with Gasteiger partial charge in [0.05, 0.1) is 18.7 Å². The van der Waals surface area contributed by atoms with Crippen molar-refractivity contribution in [3.8, 4) is 22.6 Å². The molecule has 0 aliphatic carbocycles. The normalized spacial score (nSPS) is 23.5. The number of nitrogens with two attached hydrogens (primary N) is 2. The lowest BCUT2D eigenvalue weighted by Gasteiger charge is -2.40. The van der Waals surface area contributed by atoms with Crippen LogP contribution in [0.5, 0.6) is 11.5 Å². The molecule has 2 unspecified atom stereocenters. The molecule has 20 nitrogen and oxygen atoms in total. The third kappa shape index (κ3) is 16.4. The van der Waals surface area contributed by atoms with Crippen LogP contribution in [0.1, 0.15) is 122 Å². The molecule has 70 heavy (non-hydrogen) atoms. The molecule has 1 saturated heterocycles. The molecule has 4 bridgehead atoms. The molecule has 0 radical (unpaired) electrons. The average Bonchev–Trinajstić information content (AvgIpc) is 3.33. The van der Waals surface area contributed by atoms with E-state index >= 15 is 0 Å². The maximum Gasteiger partial charge on any atom is 0.248 e. The molecule has 20 heteroatoms. The van der Waals surface area contributed by atoms with Gasteiger partial charge in [-0.2, -0.15) is 0 Å². The van der Waals surface area contributed by atoms with Gasteiger partial charge in [-0.3, -0.25) is 28.8 Å². The number of rotatable bonds is 25. The summed E-state index contributed by atoms with van der Waals surface area (Å²) in [4.78, 5) is 83.6. The van der Waals surface area contributed by atoms with Crippen LogP contribution >= 0.6 is 0 Å². The Labute approximate surface area is 411 Å². The van der Waals surface area contributed by atoms with Crippen LogP contribution in [0.3, 0.4) is 0 Å². The number of hydrogen-bond acceptors (Lipinski definition) is 15. The second kappa shape index (κ2) is 28.6. The Morgan fingerprint density at radius 3 is 2.27 bits per heavy atom. The lowest BCUT2D eigenvalue weighted by molar-refractivity contribution is -0.239. The van der Waals surface area contributed by atoms with Crippen LogP contribution in [0.2, 0.25) is 0 Å². The highest BCUT2D eigenvalue weighted by Gasteiger charge is 2.44. The predicted molar refractivity (Wildman–Crippen MR) is 262 cm³/mol. The van der Waals surface area contributed by atoms with Gasteiger partial charge < -0.3 is 72.9 Å². The number of benzene rings is 2. The van der Waals surface area contributed by atoms with Crippen LogP contribution in [0.15, 0.2) is 36.4 Å². The maximum atomic E-state index is 14.7. The molecule has 10 atom stereocenters. The van der Waals surface area contributed by atoms with E-state index in [9.17, 15) is 49.2 Å². The van der Waals surface area contributed by atoms with Crippen molar-refractivity contribution >= 4 is 35.3 Å². The van der Waals surface area contributed by atoms with Gasteiger partial charge >= 0.3 is 0 Å². The Bertz CT molecular complexity index is 2060. The zero-order valence-electron chi connectivity index (χ0n) is 41.4. The quantitative estimate of drug-likeness (QED) is 0.0621. The van der Waals surface area contributed by atoms with E-state index in [0.29, 0.717) is 31.5 Å². The number of aliphatic hydroxyl groups excluding tert-OH is 3. The summed E-state index contributed by atoms with van der Waals surface area (Å²) in [6.07, 6.45) is 4.80. The number of phenols is 1. The molecule has 4 rings (SSSR count). The molecule has 1 fully saturated rings. The minimum atomic E-state index is -1.58. The first-order chi connectivity index (χ1) is 33.4. The van der Waals surface area contributed by atoms with Gasteiger partial charge in [0.25, 0.3) is 0 Å². The summed E-state index contributed by atoms with van der Waals surface area (Å²) >= 11 is 0. The van der Waals surface area contributed by atoms with Crippen LogP contribution < -0.4 is 42.8 Å². The van der Waals surface area contributed by atoms with Gasteiger partial charge in [0, 0.05) is 37.6 Å². The number of fused-ring (bicyclic) bond motifs is 5. The first-order valence-corrected chi connectivity index (χ1v) is 24.8. The van der Waals surface area contributed by atoms with Gasteiger partial charge in [-0.1, -0.05) is 64.0 Å². The molecule has 2 aromatic carbocycles. The van der Waals surface area contributed by atoms with Gasteiger partial charge in [-0.05, 0) is 94.9 Å². The number of Topliss-reactive ketones (excluding diaryl/α,β-unsaturated/α-hetero) is 1. The number of hydrogen-bond donors (Lipinski definition) is 11. The molecular formula is C50H78N8O12. The van der Waals surface area contributed by atoms with E-state index in [1.165, 1.54) is 108 Å². The fourth-order valence-electron chi connectivity index (χ4n) is 8.46. The smallest absolute Gasteiger partial charge is 0.248 e. The fraction of sp³-hybridized carbons (Fsp3) is 0.640. The summed E-state index contributed by atoms with van der Waals surface area (Å²) in [6, 6.07) is 1.46. The molecule has 2 aliphatic rings. The Morgan fingerprint density at radius 2 is 1.60 bits per heavy atom. The summed E-state index contributed by atoms with van der Waals surface area (Å²) in [5, 5.41) is 56.8. The largest absolute Gasteiger partial charge is 0.507 e. The van der Waals surface area contributed by atoms with Crippen molar-refractivity contribution < 1.29 is 58.7 Å². The van der Waals surface area contributed by atoms with Crippen LogP contribution in [-0.4, -0.2) is 149 Å². The van der Waals surface area contributed by atoms with E-state index in [-0.39, 0.29) is 59.1 Å². The molecular weight excluding hydrogens is 905 g/mol. The van der Waals surface area contributed by atoms with E-state index in [1.807, 2.05) is 0 Å². The first kappa shape index (κ1) is 57.4. The van der Waals surface area contributed by atoms with Crippen molar-refractivity contribution in [2.75, 3.05) is 33.3 Å². The topological polar surface area (TPSA) is 317 Å². The summed E-state index contributed by atoms with van der Waals surface area (Å²) < 4.78 is 12.0. The van der Waals surface area contributed by atoms with Crippen LogP contribution in [0.25, 0.3) is 11.1 Å². The molecule has 390 valence electrons. The molecule has 2 aliphatic heterocycles. The van der Waals surface area contributed by atoms with E-state index in [0.717, 1.165) is 19.4 Å². The lowest BCUT2D eigenvalue weighted by atomic mass is 9.93. The molecule has 2 heterocycles. The first-order valence-electron chi connectivity index (χ1n) is 24.8. The van der Waals surface area contributed by atoms with Crippen LogP contribution in [0, 0.1) is 0 Å². The number of aromatic hydroxyl groups is 1. The van der Waals surface area contributed by atoms with Gasteiger partial charge in [0.2, 0.25) is 35.8 Å². The van der Waals surface area contributed by atoms with Crippen molar-refractivity contribution in [2.45, 2.75) is 172 Å². The third-order valence-electron chi connectivity index (χ3n) is 12.9. The fourth-order valence-corrected chi connectivity index (χ4v) is 8.46. The van der Waals surface area contributed by atoms with Crippen molar-refractivity contribution in [3.05, 3.63) is 47.5 Å². The molecule has 0 aromatic heterocycles. The van der Waals surface area contributed by atoms with Crippen molar-refractivity contribution in [2.24, 2.45) is 11.5 Å².